The van der Waals surface area contributed by atoms with Gasteiger partial charge in [0, 0.05) is 31.5 Å². The minimum Gasteiger partial charge on any atom is -0.454 e. The van der Waals surface area contributed by atoms with E-state index < -0.39 is 6.17 Å². The van der Waals surface area contributed by atoms with Crippen LogP contribution in [0.2, 0.25) is 0 Å². The lowest BCUT2D eigenvalue weighted by Crippen LogP contribution is -2.37. The number of halogens is 1. The summed E-state index contributed by atoms with van der Waals surface area (Å²) >= 11 is 0. The van der Waals surface area contributed by atoms with Crippen molar-refractivity contribution >= 4 is 5.91 Å². The lowest BCUT2D eigenvalue weighted by Gasteiger charge is -2.10. The van der Waals surface area contributed by atoms with Crippen molar-refractivity contribution in [3.63, 3.8) is 0 Å². The van der Waals surface area contributed by atoms with Crippen LogP contribution in [-0.4, -0.2) is 41.0 Å². The molecule has 0 radical (unpaired) electrons. The van der Waals surface area contributed by atoms with Crippen molar-refractivity contribution in [2.24, 2.45) is 0 Å². The maximum absolute atomic E-state index is 13.0. The van der Waals surface area contributed by atoms with E-state index in [4.69, 9.17) is 4.42 Å². The molecule has 0 spiro atoms. The normalized spacial score (nSPS) is 21.6. The Kier molecular flexibility index (Phi) is 4.01. The standard InChI is InChI=1S/C14H17FN4O2/c15-10-6-11(16-7-10)8-17-14(20)13-3-2-12(21-13)9-19-5-1-4-18-19/h1-5,10-11,16H,6-9H2,(H,17,20)/t10-,11-/m0/s1. The van der Waals surface area contributed by atoms with Gasteiger partial charge in [-0.25, -0.2) is 4.39 Å². The summed E-state index contributed by atoms with van der Waals surface area (Å²) in [6.45, 7) is 1.23. The van der Waals surface area contributed by atoms with Gasteiger partial charge in [-0.15, -0.1) is 0 Å². The zero-order valence-electron chi connectivity index (χ0n) is 11.5. The van der Waals surface area contributed by atoms with Gasteiger partial charge in [0.05, 0.1) is 6.54 Å². The molecule has 0 unspecified atom stereocenters. The molecule has 0 aliphatic carbocycles. The van der Waals surface area contributed by atoms with Crippen LogP contribution in [0.1, 0.15) is 22.7 Å². The Labute approximate surface area is 121 Å². The fourth-order valence-corrected chi connectivity index (χ4v) is 2.37. The molecule has 1 aliphatic heterocycles. The quantitative estimate of drug-likeness (QED) is 0.861. The minimum atomic E-state index is -0.823. The number of nitrogens with zero attached hydrogens (tertiary/aromatic N) is 2. The summed E-state index contributed by atoms with van der Waals surface area (Å²) in [5, 5.41) is 9.84. The summed E-state index contributed by atoms with van der Waals surface area (Å²) in [5.41, 5.74) is 0. The maximum atomic E-state index is 13.0. The first-order valence-corrected chi connectivity index (χ1v) is 6.92. The number of rotatable bonds is 5. The number of hydrogen-bond donors (Lipinski definition) is 2. The van der Waals surface area contributed by atoms with Gasteiger partial charge in [0.1, 0.15) is 11.9 Å². The molecule has 112 valence electrons. The number of carbonyl (C=O) groups excluding carboxylic acids is 1. The molecule has 0 bridgehead atoms. The molecule has 1 fully saturated rings. The van der Waals surface area contributed by atoms with Crippen LogP contribution in [0.5, 0.6) is 0 Å². The molecule has 3 heterocycles. The predicted octanol–water partition coefficient (Wildman–Crippen LogP) is 0.954. The number of furan rings is 1. The third-order valence-corrected chi connectivity index (χ3v) is 3.44. The van der Waals surface area contributed by atoms with E-state index in [1.807, 2.05) is 12.3 Å². The number of carbonyl (C=O) groups is 1. The van der Waals surface area contributed by atoms with Gasteiger partial charge in [-0.1, -0.05) is 0 Å². The van der Waals surface area contributed by atoms with Crippen molar-refractivity contribution < 1.29 is 13.6 Å². The third-order valence-electron chi connectivity index (χ3n) is 3.44. The fraction of sp³-hybridized carbons (Fsp3) is 0.429. The third kappa shape index (κ3) is 3.49. The molecule has 1 amide bonds. The topological polar surface area (TPSA) is 72.1 Å². The maximum Gasteiger partial charge on any atom is 0.287 e. The molecule has 6 nitrogen and oxygen atoms in total. The van der Waals surface area contributed by atoms with E-state index in [0.29, 0.717) is 31.8 Å². The Morgan fingerprint density at radius 2 is 2.48 bits per heavy atom. The average Bonchev–Trinajstić information content (AvgIpc) is 3.19. The molecule has 2 N–H and O–H groups in total. The molecule has 0 aromatic carbocycles. The molecule has 0 saturated carbocycles. The van der Waals surface area contributed by atoms with E-state index in [9.17, 15) is 9.18 Å². The van der Waals surface area contributed by atoms with Crippen LogP contribution in [-0.2, 0) is 6.54 Å². The van der Waals surface area contributed by atoms with Crippen LogP contribution in [0.3, 0.4) is 0 Å². The van der Waals surface area contributed by atoms with Crippen molar-refractivity contribution in [3.05, 3.63) is 42.1 Å². The molecular weight excluding hydrogens is 275 g/mol. The smallest absolute Gasteiger partial charge is 0.287 e. The number of alkyl halides is 1. The fourth-order valence-electron chi connectivity index (χ4n) is 2.37. The molecule has 7 heteroatoms. The highest BCUT2D eigenvalue weighted by Crippen LogP contribution is 2.11. The SMILES string of the molecule is O=C(NC[C@@H]1C[C@H](F)CN1)c1ccc(Cn2cccn2)o1. The summed E-state index contributed by atoms with van der Waals surface area (Å²) in [4.78, 5) is 11.9. The van der Waals surface area contributed by atoms with Crippen LogP contribution >= 0.6 is 0 Å². The van der Waals surface area contributed by atoms with Crippen molar-refractivity contribution in [2.75, 3.05) is 13.1 Å². The van der Waals surface area contributed by atoms with Gasteiger partial charge in [-0.3, -0.25) is 9.48 Å². The molecule has 21 heavy (non-hydrogen) atoms. The van der Waals surface area contributed by atoms with Gasteiger partial charge >= 0.3 is 0 Å². The largest absolute Gasteiger partial charge is 0.454 e. The lowest BCUT2D eigenvalue weighted by atomic mass is 10.2. The van der Waals surface area contributed by atoms with Crippen LogP contribution in [0.15, 0.2) is 35.0 Å². The van der Waals surface area contributed by atoms with Gasteiger partial charge in [0.15, 0.2) is 5.76 Å². The second-order valence-corrected chi connectivity index (χ2v) is 5.12. The Morgan fingerprint density at radius 1 is 1.57 bits per heavy atom. The Bertz CT molecular complexity index is 596. The van der Waals surface area contributed by atoms with Crippen molar-refractivity contribution in [3.8, 4) is 0 Å². The van der Waals surface area contributed by atoms with E-state index in [1.54, 1.807) is 23.0 Å². The Hall–Kier alpha value is -2.15. The van der Waals surface area contributed by atoms with Crippen molar-refractivity contribution in [1.82, 2.24) is 20.4 Å². The average molecular weight is 292 g/mol. The van der Waals surface area contributed by atoms with E-state index >= 15 is 0 Å². The zero-order chi connectivity index (χ0) is 14.7. The second kappa shape index (κ2) is 6.09. The first-order chi connectivity index (χ1) is 10.2. The predicted molar refractivity (Wildman–Crippen MR) is 73.7 cm³/mol. The van der Waals surface area contributed by atoms with E-state index in [2.05, 4.69) is 15.7 Å². The number of nitrogens with one attached hydrogen (secondary N) is 2. The number of amides is 1. The van der Waals surface area contributed by atoms with Crippen LogP contribution < -0.4 is 10.6 Å². The van der Waals surface area contributed by atoms with Crippen molar-refractivity contribution in [1.29, 1.82) is 0 Å². The molecule has 1 aliphatic rings. The molecule has 3 rings (SSSR count). The van der Waals surface area contributed by atoms with Gasteiger partial charge in [-0.2, -0.15) is 5.10 Å². The summed E-state index contributed by atoms with van der Waals surface area (Å²) in [5.74, 6) is 0.629. The number of hydrogen-bond acceptors (Lipinski definition) is 4. The van der Waals surface area contributed by atoms with Crippen LogP contribution in [0.25, 0.3) is 0 Å². The number of aromatic nitrogens is 2. The summed E-state index contributed by atoms with van der Waals surface area (Å²) < 4.78 is 20.2. The zero-order valence-corrected chi connectivity index (χ0v) is 11.5. The summed E-state index contributed by atoms with van der Waals surface area (Å²) in [7, 11) is 0. The van der Waals surface area contributed by atoms with Crippen molar-refractivity contribution in [2.45, 2.75) is 25.2 Å². The van der Waals surface area contributed by atoms with Crippen LogP contribution in [0.4, 0.5) is 4.39 Å². The summed E-state index contributed by atoms with van der Waals surface area (Å²) in [6, 6.07) is 5.20. The summed E-state index contributed by atoms with van der Waals surface area (Å²) in [6.07, 6.45) is 3.12. The molecule has 1 saturated heterocycles. The van der Waals surface area contributed by atoms with Gasteiger partial charge in [0.25, 0.3) is 5.91 Å². The molecule has 2 aromatic heterocycles. The van der Waals surface area contributed by atoms with E-state index in [1.165, 1.54) is 0 Å². The molecule has 2 atom stereocenters. The monoisotopic (exact) mass is 292 g/mol. The van der Waals surface area contributed by atoms with Gasteiger partial charge in [-0.05, 0) is 24.6 Å². The highest BCUT2D eigenvalue weighted by atomic mass is 19.1. The highest BCUT2D eigenvalue weighted by molar-refractivity contribution is 5.91. The first kappa shape index (κ1) is 13.8. The van der Waals surface area contributed by atoms with E-state index in [-0.39, 0.29) is 17.7 Å². The Balaban J connectivity index is 1.52. The van der Waals surface area contributed by atoms with E-state index in [0.717, 1.165) is 0 Å². The van der Waals surface area contributed by atoms with Crippen LogP contribution in [0, 0.1) is 0 Å². The first-order valence-electron chi connectivity index (χ1n) is 6.92. The lowest BCUT2D eigenvalue weighted by molar-refractivity contribution is 0.0920. The minimum absolute atomic E-state index is 0.0116. The highest BCUT2D eigenvalue weighted by Gasteiger charge is 2.24. The van der Waals surface area contributed by atoms with Gasteiger partial charge < -0.3 is 15.1 Å². The Morgan fingerprint density at radius 3 is 3.19 bits per heavy atom. The van der Waals surface area contributed by atoms with Gasteiger partial charge in [0.2, 0.25) is 0 Å². The molecular formula is C14H17FN4O2. The second-order valence-electron chi connectivity index (χ2n) is 5.12. The molecule has 2 aromatic rings.